The van der Waals surface area contributed by atoms with Crippen LogP contribution in [0.1, 0.15) is 46.0 Å². The molecule has 5 heteroatoms. The fourth-order valence-corrected chi connectivity index (χ4v) is 2.60. The summed E-state index contributed by atoms with van der Waals surface area (Å²) in [6, 6.07) is -0.214. The number of hydrogen-bond donors (Lipinski definition) is 1. The number of methoxy groups -OCH3 is 1. The predicted molar refractivity (Wildman–Crippen MR) is 78.3 cm³/mol. The second-order valence-electron chi connectivity index (χ2n) is 5.51. The van der Waals surface area contributed by atoms with Gasteiger partial charge in [0.2, 0.25) is 5.91 Å². The Labute approximate surface area is 122 Å². The highest BCUT2D eigenvalue weighted by Crippen LogP contribution is 2.19. The van der Waals surface area contributed by atoms with Crippen LogP contribution in [-0.2, 0) is 14.3 Å². The molecule has 20 heavy (non-hydrogen) atoms. The largest absolute Gasteiger partial charge is 0.468 e. The van der Waals surface area contributed by atoms with Gasteiger partial charge in [0.05, 0.1) is 7.11 Å². The topological polar surface area (TPSA) is 58.6 Å². The van der Waals surface area contributed by atoms with Gasteiger partial charge in [0.25, 0.3) is 0 Å². The summed E-state index contributed by atoms with van der Waals surface area (Å²) in [4.78, 5) is 25.6. The lowest BCUT2D eigenvalue weighted by molar-refractivity contribution is -0.147. The van der Waals surface area contributed by atoms with E-state index >= 15 is 0 Å². The molecular formula is C15H28N2O3. The summed E-state index contributed by atoms with van der Waals surface area (Å²) in [5.74, 6) is 0.0664. The molecule has 0 unspecified atom stereocenters. The zero-order valence-corrected chi connectivity index (χ0v) is 13.0. The van der Waals surface area contributed by atoms with Crippen LogP contribution in [0.15, 0.2) is 0 Å². The summed E-state index contributed by atoms with van der Waals surface area (Å²) >= 11 is 0. The number of likely N-dealkylation sites (tertiary alicyclic amines) is 1. The fourth-order valence-electron chi connectivity index (χ4n) is 2.60. The van der Waals surface area contributed by atoms with E-state index < -0.39 is 0 Å². The summed E-state index contributed by atoms with van der Waals surface area (Å²) in [5.41, 5.74) is 0. The molecule has 1 amide bonds. The van der Waals surface area contributed by atoms with Crippen LogP contribution >= 0.6 is 0 Å². The van der Waals surface area contributed by atoms with Gasteiger partial charge in [0.1, 0.15) is 6.04 Å². The van der Waals surface area contributed by atoms with Crippen LogP contribution in [0.4, 0.5) is 0 Å². The highest BCUT2D eigenvalue weighted by Gasteiger charge is 2.29. The van der Waals surface area contributed by atoms with E-state index in [-0.39, 0.29) is 23.8 Å². The number of amides is 1. The average Bonchev–Trinajstić information content (AvgIpc) is 2.50. The van der Waals surface area contributed by atoms with Crippen molar-refractivity contribution in [3.63, 3.8) is 0 Å². The molecule has 1 atom stereocenters. The molecule has 0 aromatic rings. The Morgan fingerprint density at radius 2 is 1.95 bits per heavy atom. The second kappa shape index (κ2) is 8.95. The highest BCUT2D eigenvalue weighted by molar-refractivity contribution is 5.79. The maximum Gasteiger partial charge on any atom is 0.322 e. The molecule has 0 radical (unpaired) electrons. The summed E-state index contributed by atoms with van der Waals surface area (Å²) in [6.07, 6.45) is 5.03. The summed E-state index contributed by atoms with van der Waals surface area (Å²) in [5, 5.41) is 3.02. The molecule has 0 aliphatic carbocycles. The molecule has 1 heterocycles. The number of unbranched alkanes of at least 4 members (excludes halogenated alkanes) is 2. The number of ether oxygens (including phenoxy) is 1. The first-order chi connectivity index (χ1) is 9.60. The van der Waals surface area contributed by atoms with Gasteiger partial charge >= 0.3 is 5.97 Å². The van der Waals surface area contributed by atoms with Gasteiger partial charge in [-0.05, 0) is 39.3 Å². The van der Waals surface area contributed by atoms with E-state index in [1.54, 1.807) is 0 Å². The van der Waals surface area contributed by atoms with Crippen LogP contribution < -0.4 is 5.32 Å². The van der Waals surface area contributed by atoms with Gasteiger partial charge in [-0.15, -0.1) is 0 Å². The Hall–Kier alpha value is -1.10. The molecule has 1 aliphatic rings. The number of rotatable bonds is 7. The van der Waals surface area contributed by atoms with Crippen LogP contribution in [-0.4, -0.2) is 49.6 Å². The molecule has 1 aliphatic heterocycles. The predicted octanol–water partition coefficient (Wildman–Crippen LogP) is 1.57. The summed E-state index contributed by atoms with van der Waals surface area (Å²) < 4.78 is 4.76. The molecular weight excluding hydrogens is 256 g/mol. The van der Waals surface area contributed by atoms with Gasteiger partial charge in [0, 0.05) is 12.5 Å². The van der Waals surface area contributed by atoms with E-state index in [1.807, 2.05) is 6.92 Å². The van der Waals surface area contributed by atoms with Crippen LogP contribution in [0.3, 0.4) is 0 Å². The quantitative estimate of drug-likeness (QED) is 0.569. The van der Waals surface area contributed by atoms with Gasteiger partial charge < -0.3 is 10.1 Å². The molecule has 1 rings (SSSR count). The number of carbonyl (C=O) groups excluding carboxylic acids is 2. The number of nitrogens with one attached hydrogen (secondary N) is 1. The SMILES string of the molecule is CCCCCNC(=O)C1CCN([C@@H](C)C(=O)OC)CC1. The van der Waals surface area contributed by atoms with Crippen LogP contribution in [0.2, 0.25) is 0 Å². The van der Waals surface area contributed by atoms with Gasteiger partial charge in [0.15, 0.2) is 0 Å². The Kier molecular flexibility index (Phi) is 7.59. The van der Waals surface area contributed by atoms with Gasteiger partial charge in [-0.2, -0.15) is 0 Å². The van der Waals surface area contributed by atoms with E-state index in [0.717, 1.165) is 45.3 Å². The lowest BCUT2D eigenvalue weighted by atomic mass is 9.95. The molecule has 1 saturated heterocycles. The normalized spacial score (nSPS) is 18.6. The van der Waals surface area contributed by atoms with E-state index in [1.165, 1.54) is 13.5 Å². The molecule has 0 aromatic heterocycles. The fraction of sp³-hybridized carbons (Fsp3) is 0.867. The minimum atomic E-state index is -0.214. The number of nitrogens with zero attached hydrogens (tertiary/aromatic N) is 1. The minimum Gasteiger partial charge on any atom is -0.468 e. The first kappa shape index (κ1) is 17.0. The summed E-state index contributed by atoms with van der Waals surface area (Å²) in [6.45, 7) is 6.36. The second-order valence-corrected chi connectivity index (χ2v) is 5.51. The maximum absolute atomic E-state index is 12.0. The molecule has 1 fully saturated rings. The molecule has 5 nitrogen and oxygen atoms in total. The maximum atomic E-state index is 12.0. The molecule has 0 saturated carbocycles. The van der Waals surface area contributed by atoms with Crippen molar-refractivity contribution in [3.05, 3.63) is 0 Å². The number of piperidine rings is 1. The highest BCUT2D eigenvalue weighted by atomic mass is 16.5. The van der Waals surface area contributed by atoms with E-state index in [4.69, 9.17) is 4.74 Å². The Morgan fingerprint density at radius 1 is 1.30 bits per heavy atom. The van der Waals surface area contributed by atoms with Crippen LogP contribution in [0.5, 0.6) is 0 Å². The first-order valence-electron chi connectivity index (χ1n) is 7.69. The van der Waals surface area contributed by atoms with Crippen LogP contribution in [0, 0.1) is 5.92 Å². The Balaban J connectivity index is 2.27. The van der Waals surface area contributed by atoms with Crippen molar-refractivity contribution in [2.45, 2.75) is 52.0 Å². The van der Waals surface area contributed by atoms with Crippen molar-refractivity contribution in [2.75, 3.05) is 26.7 Å². The summed E-state index contributed by atoms with van der Waals surface area (Å²) in [7, 11) is 1.41. The average molecular weight is 284 g/mol. The Bertz CT molecular complexity index is 312. The standard InChI is InChI=1S/C15H28N2O3/c1-4-5-6-9-16-14(18)13-7-10-17(11-8-13)12(2)15(19)20-3/h12-13H,4-11H2,1-3H3,(H,16,18)/t12-/m0/s1. The monoisotopic (exact) mass is 284 g/mol. The molecule has 0 spiro atoms. The smallest absolute Gasteiger partial charge is 0.322 e. The van der Waals surface area contributed by atoms with E-state index in [0.29, 0.717) is 0 Å². The molecule has 116 valence electrons. The third-order valence-electron chi connectivity index (χ3n) is 4.07. The van der Waals surface area contributed by atoms with Crippen molar-refractivity contribution in [1.29, 1.82) is 0 Å². The number of carbonyl (C=O) groups is 2. The van der Waals surface area contributed by atoms with Crippen molar-refractivity contribution in [2.24, 2.45) is 5.92 Å². The first-order valence-corrected chi connectivity index (χ1v) is 7.69. The zero-order valence-electron chi connectivity index (χ0n) is 13.0. The third kappa shape index (κ3) is 5.12. The molecule has 0 bridgehead atoms. The number of esters is 1. The minimum absolute atomic E-state index is 0.0951. The number of hydrogen-bond acceptors (Lipinski definition) is 4. The van der Waals surface area contributed by atoms with Crippen LogP contribution in [0.25, 0.3) is 0 Å². The van der Waals surface area contributed by atoms with E-state index in [2.05, 4.69) is 17.1 Å². The van der Waals surface area contributed by atoms with Crippen molar-refractivity contribution in [3.8, 4) is 0 Å². The molecule has 1 N–H and O–H groups in total. The van der Waals surface area contributed by atoms with Gasteiger partial charge in [-0.3, -0.25) is 14.5 Å². The zero-order chi connectivity index (χ0) is 15.0. The van der Waals surface area contributed by atoms with Crippen molar-refractivity contribution >= 4 is 11.9 Å². The lowest BCUT2D eigenvalue weighted by Gasteiger charge is -2.34. The van der Waals surface area contributed by atoms with Gasteiger partial charge in [-0.25, -0.2) is 0 Å². The van der Waals surface area contributed by atoms with Crippen molar-refractivity contribution in [1.82, 2.24) is 10.2 Å². The molecule has 0 aromatic carbocycles. The lowest BCUT2D eigenvalue weighted by Crippen LogP contribution is -2.47. The van der Waals surface area contributed by atoms with Gasteiger partial charge in [-0.1, -0.05) is 19.8 Å². The van der Waals surface area contributed by atoms with Crippen molar-refractivity contribution < 1.29 is 14.3 Å². The third-order valence-corrected chi connectivity index (χ3v) is 4.07. The van der Waals surface area contributed by atoms with E-state index in [9.17, 15) is 9.59 Å². The Morgan fingerprint density at radius 3 is 2.50 bits per heavy atom.